The number of anilines is 1. The lowest BCUT2D eigenvalue weighted by Crippen LogP contribution is -2.30. The molecule has 1 aliphatic heterocycles. The maximum Gasteiger partial charge on any atom is 0.253 e. The summed E-state index contributed by atoms with van der Waals surface area (Å²) in [6, 6.07) is 7.33. The van der Waals surface area contributed by atoms with Crippen molar-refractivity contribution in [2.75, 3.05) is 25.0 Å². The van der Waals surface area contributed by atoms with Gasteiger partial charge in [0, 0.05) is 37.8 Å². The van der Waals surface area contributed by atoms with Crippen molar-refractivity contribution in [3.63, 3.8) is 0 Å². The first kappa shape index (κ1) is 14.6. The van der Waals surface area contributed by atoms with Gasteiger partial charge in [-0.1, -0.05) is 13.8 Å². The molecule has 0 bridgehead atoms. The van der Waals surface area contributed by atoms with Crippen LogP contribution < -0.4 is 4.90 Å². The third kappa shape index (κ3) is 3.18. The normalized spacial score (nSPS) is 15.0. The summed E-state index contributed by atoms with van der Waals surface area (Å²) in [5.74, 6) is 0.643. The van der Waals surface area contributed by atoms with Crippen molar-refractivity contribution in [2.24, 2.45) is 5.92 Å². The van der Waals surface area contributed by atoms with E-state index in [1.165, 1.54) is 0 Å². The van der Waals surface area contributed by atoms with Gasteiger partial charge in [-0.05, 0) is 36.6 Å². The van der Waals surface area contributed by atoms with Gasteiger partial charge in [-0.25, -0.2) is 0 Å². The smallest absolute Gasteiger partial charge is 0.253 e. The fourth-order valence-corrected chi connectivity index (χ4v) is 2.56. The van der Waals surface area contributed by atoms with Crippen molar-refractivity contribution in [1.29, 1.82) is 0 Å². The van der Waals surface area contributed by atoms with Crippen LogP contribution in [0.5, 0.6) is 0 Å². The average Bonchev–Trinajstić information content (AvgIpc) is 2.83. The molecule has 0 radical (unpaired) electrons. The molecular weight excluding hydrogens is 252 g/mol. The zero-order chi connectivity index (χ0) is 14.7. The highest BCUT2D eigenvalue weighted by atomic mass is 16.2. The average molecular weight is 274 g/mol. The van der Waals surface area contributed by atoms with Gasteiger partial charge >= 0.3 is 0 Å². The summed E-state index contributed by atoms with van der Waals surface area (Å²) in [5.41, 5.74) is 1.55. The predicted molar refractivity (Wildman–Crippen MR) is 79.8 cm³/mol. The molecule has 2 rings (SSSR count). The minimum Gasteiger partial charge on any atom is -0.341 e. The molecule has 4 nitrogen and oxygen atoms in total. The van der Waals surface area contributed by atoms with Crippen LogP contribution in [-0.4, -0.2) is 36.9 Å². The SMILES string of the molecule is CC(C)CN(C)C(=O)c1ccc(N2CCCC2=O)cc1. The number of nitrogens with zero attached hydrogens (tertiary/aromatic N) is 2. The van der Waals surface area contributed by atoms with Gasteiger partial charge in [0.25, 0.3) is 5.91 Å². The quantitative estimate of drug-likeness (QED) is 0.846. The van der Waals surface area contributed by atoms with Gasteiger partial charge in [0.05, 0.1) is 0 Å². The minimum atomic E-state index is 0.0259. The van der Waals surface area contributed by atoms with E-state index in [4.69, 9.17) is 0 Å². The zero-order valence-corrected chi connectivity index (χ0v) is 12.4. The molecule has 1 fully saturated rings. The Hall–Kier alpha value is -1.84. The highest BCUT2D eigenvalue weighted by molar-refractivity contribution is 5.97. The fraction of sp³-hybridized carbons (Fsp3) is 0.500. The summed E-state index contributed by atoms with van der Waals surface area (Å²) < 4.78 is 0. The molecule has 0 aliphatic carbocycles. The summed E-state index contributed by atoms with van der Waals surface area (Å²) in [5, 5.41) is 0. The molecule has 0 spiro atoms. The third-order valence-electron chi connectivity index (χ3n) is 3.49. The molecule has 4 heteroatoms. The molecule has 1 heterocycles. The Bertz CT molecular complexity index is 494. The van der Waals surface area contributed by atoms with Gasteiger partial charge in [0.1, 0.15) is 0 Å². The van der Waals surface area contributed by atoms with E-state index in [0.29, 0.717) is 17.9 Å². The van der Waals surface area contributed by atoms with E-state index in [1.54, 1.807) is 21.9 Å². The van der Waals surface area contributed by atoms with Crippen LogP contribution in [0.2, 0.25) is 0 Å². The monoisotopic (exact) mass is 274 g/mol. The second-order valence-electron chi connectivity index (χ2n) is 5.78. The van der Waals surface area contributed by atoms with Crippen LogP contribution in [0.4, 0.5) is 5.69 Å². The number of benzene rings is 1. The van der Waals surface area contributed by atoms with E-state index in [9.17, 15) is 9.59 Å². The Morgan fingerprint density at radius 3 is 2.45 bits per heavy atom. The highest BCUT2D eigenvalue weighted by Crippen LogP contribution is 2.22. The molecule has 2 amide bonds. The van der Waals surface area contributed by atoms with Crippen LogP contribution in [0, 0.1) is 5.92 Å². The van der Waals surface area contributed by atoms with E-state index in [0.717, 1.165) is 25.2 Å². The molecule has 1 aromatic carbocycles. The van der Waals surface area contributed by atoms with Gasteiger partial charge in [-0.2, -0.15) is 0 Å². The third-order valence-corrected chi connectivity index (χ3v) is 3.49. The van der Waals surface area contributed by atoms with E-state index >= 15 is 0 Å². The van der Waals surface area contributed by atoms with Crippen LogP contribution in [0.15, 0.2) is 24.3 Å². The van der Waals surface area contributed by atoms with Crippen LogP contribution >= 0.6 is 0 Å². The second kappa shape index (κ2) is 6.07. The van der Waals surface area contributed by atoms with Gasteiger partial charge in [0.2, 0.25) is 5.91 Å². The van der Waals surface area contributed by atoms with Crippen molar-refractivity contribution in [1.82, 2.24) is 4.90 Å². The summed E-state index contributed by atoms with van der Waals surface area (Å²) in [4.78, 5) is 27.4. The first-order valence-corrected chi connectivity index (χ1v) is 7.15. The number of rotatable bonds is 4. The topological polar surface area (TPSA) is 40.6 Å². The standard InChI is InChI=1S/C16H22N2O2/c1-12(2)11-17(3)16(20)13-6-8-14(9-7-13)18-10-4-5-15(18)19/h6-9,12H,4-5,10-11H2,1-3H3. The van der Waals surface area contributed by atoms with Crippen LogP contribution in [0.25, 0.3) is 0 Å². The Balaban J connectivity index is 2.08. The molecule has 0 unspecified atom stereocenters. The van der Waals surface area contributed by atoms with Crippen molar-refractivity contribution in [3.8, 4) is 0 Å². The number of carbonyl (C=O) groups excluding carboxylic acids is 2. The van der Waals surface area contributed by atoms with Crippen molar-refractivity contribution in [3.05, 3.63) is 29.8 Å². The van der Waals surface area contributed by atoms with Crippen molar-refractivity contribution >= 4 is 17.5 Å². The molecular formula is C16H22N2O2. The minimum absolute atomic E-state index is 0.0259. The molecule has 0 N–H and O–H groups in total. The van der Waals surface area contributed by atoms with Gasteiger partial charge in [-0.3, -0.25) is 9.59 Å². The Labute approximate surface area is 120 Å². The molecule has 1 aliphatic rings. The molecule has 0 saturated carbocycles. The lowest BCUT2D eigenvalue weighted by molar-refractivity contribution is -0.117. The van der Waals surface area contributed by atoms with E-state index < -0.39 is 0 Å². The molecule has 1 saturated heterocycles. The van der Waals surface area contributed by atoms with Crippen LogP contribution in [0.3, 0.4) is 0 Å². The van der Waals surface area contributed by atoms with Crippen LogP contribution in [-0.2, 0) is 4.79 Å². The van der Waals surface area contributed by atoms with Crippen molar-refractivity contribution < 1.29 is 9.59 Å². The molecule has 0 aromatic heterocycles. The number of amides is 2. The molecule has 20 heavy (non-hydrogen) atoms. The van der Waals surface area contributed by atoms with Crippen molar-refractivity contribution in [2.45, 2.75) is 26.7 Å². The largest absolute Gasteiger partial charge is 0.341 e. The van der Waals surface area contributed by atoms with Crippen LogP contribution in [0.1, 0.15) is 37.0 Å². The summed E-state index contributed by atoms with van der Waals surface area (Å²) in [6.45, 7) is 5.70. The molecule has 0 atom stereocenters. The maximum absolute atomic E-state index is 12.2. The van der Waals surface area contributed by atoms with Gasteiger partial charge in [-0.15, -0.1) is 0 Å². The summed E-state index contributed by atoms with van der Waals surface area (Å²) >= 11 is 0. The lowest BCUT2D eigenvalue weighted by Gasteiger charge is -2.20. The summed E-state index contributed by atoms with van der Waals surface area (Å²) in [7, 11) is 1.82. The summed E-state index contributed by atoms with van der Waals surface area (Å²) in [6.07, 6.45) is 1.54. The Kier molecular flexibility index (Phi) is 4.42. The van der Waals surface area contributed by atoms with E-state index in [-0.39, 0.29) is 11.8 Å². The number of hydrogen-bond acceptors (Lipinski definition) is 2. The molecule has 1 aromatic rings. The zero-order valence-electron chi connectivity index (χ0n) is 12.4. The highest BCUT2D eigenvalue weighted by Gasteiger charge is 2.22. The first-order chi connectivity index (χ1) is 9.49. The predicted octanol–water partition coefficient (Wildman–Crippen LogP) is 2.54. The first-order valence-electron chi connectivity index (χ1n) is 7.15. The number of hydrogen-bond donors (Lipinski definition) is 0. The van der Waals surface area contributed by atoms with E-state index in [1.807, 2.05) is 19.2 Å². The van der Waals surface area contributed by atoms with Gasteiger partial charge < -0.3 is 9.80 Å². The Morgan fingerprint density at radius 2 is 1.95 bits per heavy atom. The maximum atomic E-state index is 12.2. The molecule has 108 valence electrons. The van der Waals surface area contributed by atoms with Gasteiger partial charge in [0.15, 0.2) is 0 Å². The Morgan fingerprint density at radius 1 is 1.30 bits per heavy atom. The number of carbonyl (C=O) groups is 2. The second-order valence-corrected chi connectivity index (χ2v) is 5.78. The fourth-order valence-electron chi connectivity index (χ4n) is 2.56. The van der Waals surface area contributed by atoms with E-state index in [2.05, 4.69) is 13.8 Å². The lowest BCUT2D eigenvalue weighted by atomic mass is 10.1.